The van der Waals surface area contributed by atoms with Gasteiger partial charge in [-0.05, 0) is 11.6 Å². The predicted molar refractivity (Wildman–Crippen MR) is 52.8 cm³/mol. The van der Waals surface area contributed by atoms with E-state index in [2.05, 4.69) is 9.72 Å². The summed E-state index contributed by atoms with van der Waals surface area (Å²) in [5.41, 5.74) is -5.32. The quantitative estimate of drug-likeness (QED) is 0.365. The van der Waals surface area contributed by atoms with Crippen LogP contribution in [0, 0.1) is 10.1 Å². The number of carbonyl (C=O) groups excluding carboxylic acids is 1. The normalized spacial score (nSPS) is 12.1. The maximum Gasteiger partial charge on any atom is 0.574 e. The third-order valence-electron chi connectivity index (χ3n) is 1.86. The first kappa shape index (κ1) is 16.9. The van der Waals surface area contributed by atoms with Crippen LogP contribution in [0.15, 0.2) is 6.07 Å². The molecule has 0 amide bonds. The van der Waals surface area contributed by atoms with Crippen molar-refractivity contribution in [2.24, 2.45) is 0 Å². The number of nitro groups is 1. The molecule has 116 valence electrons. The molecule has 21 heavy (non-hydrogen) atoms. The Balaban J connectivity index is 3.63. The van der Waals surface area contributed by atoms with Crippen LogP contribution < -0.4 is 4.74 Å². The van der Waals surface area contributed by atoms with E-state index in [0.29, 0.717) is 0 Å². The molecule has 0 radical (unpaired) electrons. The number of alkyl halides is 6. The smallest absolute Gasteiger partial charge is 0.387 e. The summed E-state index contributed by atoms with van der Waals surface area (Å²) in [7, 11) is 0. The van der Waals surface area contributed by atoms with Crippen LogP contribution in [0.25, 0.3) is 0 Å². The van der Waals surface area contributed by atoms with Crippen LogP contribution in [-0.2, 0) is 6.18 Å². The number of aromatic nitrogens is 1. The second-order valence-electron chi connectivity index (χ2n) is 3.29. The molecule has 0 spiro atoms. The Morgan fingerprint density at radius 1 is 1.29 bits per heavy atom. The van der Waals surface area contributed by atoms with E-state index in [1.54, 1.807) is 0 Å². The molecule has 1 aromatic rings. The lowest BCUT2D eigenvalue weighted by molar-refractivity contribution is -0.388. The number of nitrogens with zero attached hydrogens (tertiary/aromatic N) is 2. The zero-order chi connectivity index (χ0) is 16.6. The highest BCUT2D eigenvalue weighted by Crippen LogP contribution is 2.38. The molecule has 0 aliphatic heterocycles. The largest absolute Gasteiger partial charge is 0.574 e. The van der Waals surface area contributed by atoms with Crippen LogP contribution in [0.5, 0.6) is 5.88 Å². The number of carbonyl (C=O) groups is 1. The van der Waals surface area contributed by atoms with E-state index in [1.165, 1.54) is 0 Å². The van der Waals surface area contributed by atoms with E-state index < -0.39 is 45.5 Å². The molecule has 0 unspecified atom stereocenters. The van der Waals surface area contributed by atoms with Crippen LogP contribution in [0.4, 0.5) is 32.0 Å². The van der Waals surface area contributed by atoms with Crippen molar-refractivity contribution in [2.45, 2.75) is 12.5 Å². The molecular formula is C8HClF6N2O4. The van der Waals surface area contributed by atoms with Gasteiger partial charge in [0.25, 0.3) is 5.24 Å². The first-order valence-corrected chi connectivity index (χ1v) is 4.93. The van der Waals surface area contributed by atoms with Crippen molar-refractivity contribution in [3.63, 3.8) is 0 Å². The van der Waals surface area contributed by atoms with Gasteiger partial charge in [-0.3, -0.25) is 14.9 Å². The summed E-state index contributed by atoms with van der Waals surface area (Å²) in [5, 5.41) is 8.78. The van der Waals surface area contributed by atoms with Crippen LogP contribution in [0.1, 0.15) is 16.1 Å². The monoisotopic (exact) mass is 338 g/mol. The first-order valence-electron chi connectivity index (χ1n) is 4.55. The van der Waals surface area contributed by atoms with Crippen LogP contribution in [-0.4, -0.2) is 21.5 Å². The van der Waals surface area contributed by atoms with E-state index in [9.17, 15) is 41.3 Å². The molecule has 0 saturated heterocycles. The number of hydrogen-bond acceptors (Lipinski definition) is 5. The average molecular weight is 339 g/mol. The summed E-state index contributed by atoms with van der Waals surface area (Å²) >= 11 is 4.85. The van der Waals surface area contributed by atoms with Gasteiger partial charge in [-0.25, -0.2) is 4.98 Å². The van der Waals surface area contributed by atoms with Gasteiger partial charge in [0.1, 0.15) is 5.56 Å². The van der Waals surface area contributed by atoms with E-state index >= 15 is 0 Å². The number of ether oxygens (including phenoxy) is 1. The van der Waals surface area contributed by atoms with Crippen LogP contribution in [0.3, 0.4) is 0 Å². The molecule has 0 fully saturated rings. The number of rotatable bonds is 3. The van der Waals surface area contributed by atoms with Crippen molar-refractivity contribution in [3.05, 3.63) is 27.4 Å². The lowest BCUT2D eigenvalue weighted by Gasteiger charge is -2.13. The summed E-state index contributed by atoms with van der Waals surface area (Å²) in [6.45, 7) is 0. The molecule has 6 nitrogen and oxygen atoms in total. The molecule has 0 aromatic carbocycles. The topological polar surface area (TPSA) is 82.3 Å². The van der Waals surface area contributed by atoms with E-state index in [0.717, 1.165) is 0 Å². The fourth-order valence-electron chi connectivity index (χ4n) is 1.16. The van der Waals surface area contributed by atoms with Crippen molar-refractivity contribution in [1.82, 2.24) is 4.98 Å². The van der Waals surface area contributed by atoms with Gasteiger partial charge >= 0.3 is 18.2 Å². The minimum absolute atomic E-state index is 0.0910. The molecule has 0 aliphatic carbocycles. The molecule has 13 heteroatoms. The van der Waals surface area contributed by atoms with Gasteiger partial charge in [0, 0.05) is 6.07 Å². The molecular weight excluding hydrogens is 338 g/mol. The summed E-state index contributed by atoms with van der Waals surface area (Å²) < 4.78 is 76.8. The van der Waals surface area contributed by atoms with Gasteiger partial charge in [0.05, 0.1) is 4.92 Å². The number of halogens is 7. The summed E-state index contributed by atoms with van der Waals surface area (Å²) in [6, 6.07) is -0.0910. The molecule has 0 bridgehead atoms. The average Bonchev–Trinajstić information content (AvgIpc) is 2.24. The Bertz CT molecular complexity index is 600. The van der Waals surface area contributed by atoms with Crippen molar-refractivity contribution in [2.75, 3.05) is 0 Å². The number of pyridine rings is 1. The SMILES string of the molecule is O=C(Cl)c1cc([N+](=O)[O-])c(C(F)(F)F)nc1OC(F)(F)F. The Kier molecular flexibility index (Phi) is 4.32. The second kappa shape index (κ2) is 5.35. The Morgan fingerprint density at radius 3 is 2.14 bits per heavy atom. The Labute approximate surface area is 115 Å². The Hall–Kier alpha value is -2.11. The minimum Gasteiger partial charge on any atom is -0.387 e. The lowest BCUT2D eigenvalue weighted by atomic mass is 10.2. The van der Waals surface area contributed by atoms with E-state index in [1.807, 2.05) is 0 Å². The van der Waals surface area contributed by atoms with Gasteiger partial charge in [-0.15, -0.1) is 13.2 Å². The molecule has 0 saturated carbocycles. The molecule has 1 aromatic heterocycles. The third kappa shape index (κ3) is 4.18. The van der Waals surface area contributed by atoms with E-state index in [-0.39, 0.29) is 6.07 Å². The maximum absolute atomic E-state index is 12.5. The number of hydrogen-bond donors (Lipinski definition) is 0. The molecule has 0 N–H and O–H groups in total. The second-order valence-corrected chi connectivity index (χ2v) is 3.63. The highest BCUT2D eigenvalue weighted by atomic mass is 35.5. The molecule has 1 rings (SSSR count). The van der Waals surface area contributed by atoms with Crippen molar-refractivity contribution < 1.29 is 40.8 Å². The van der Waals surface area contributed by atoms with Crippen LogP contribution in [0.2, 0.25) is 0 Å². The third-order valence-corrected chi connectivity index (χ3v) is 2.06. The maximum atomic E-state index is 12.5. The molecule has 0 aliphatic rings. The van der Waals surface area contributed by atoms with Gasteiger partial charge in [0.15, 0.2) is 0 Å². The summed E-state index contributed by atoms with van der Waals surface area (Å²) in [4.78, 5) is 22.1. The zero-order valence-corrected chi connectivity index (χ0v) is 10.0. The fraction of sp³-hybridized carbons (Fsp3) is 0.250. The lowest BCUT2D eigenvalue weighted by Crippen LogP contribution is -2.22. The van der Waals surface area contributed by atoms with Crippen molar-refractivity contribution >= 4 is 22.5 Å². The van der Waals surface area contributed by atoms with Gasteiger partial charge < -0.3 is 4.74 Å². The first-order chi connectivity index (χ1) is 9.33. The highest BCUT2D eigenvalue weighted by molar-refractivity contribution is 6.68. The summed E-state index contributed by atoms with van der Waals surface area (Å²) in [5.74, 6) is -1.83. The van der Waals surface area contributed by atoms with Gasteiger partial charge in [-0.2, -0.15) is 13.2 Å². The highest BCUT2D eigenvalue weighted by Gasteiger charge is 2.44. The molecule has 0 atom stereocenters. The Morgan fingerprint density at radius 2 is 1.81 bits per heavy atom. The predicted octanol–water partition coefficient (Wildman–Crippen LogP) is 3.29. The van der Waals surface area contributed by atoms with Crippen molar-refractivity contribution in [1.29, 1.82) is 0 Å². The minimum atomic E-state index is -5.48. The standard InChI is InChI=1S/C8HClF6N2O4/c9-5(18)2-1-3(17(19)20)4(7(10,11)12)16-6(2)21-8(13,14)15/h1H. The zero-order valence-electron chi connectivity index (χ0n) is 9.25. The van der Waals surface area contributed by atoms with Gasteiger partial charge in [0.2, 0.25) is 11.6 Å². The fourth-order valence-corrected chi connectivity index (χ4v) is 1.30. The van der Waals surface area contributed by atoms with E-state index in [4.69, 9.17) is 11.6 Å². The van der Waals surface area contributed by atoms with Gasteiger partial charge in [-0.1, -0.05) is 0 Å². The molecule has 1 heterocycles. The van der Waals surface area contributed by atoms with Crippen molar-refractivity contribution in [3.8, 4) is 5.88 Å². The summed E-state index contributed by atoms with van der Waals surface area (Å²) in [6.07, 6.45) is -10.9. The van der Waals surface area contributed by atoms with Crippen LogP contribution >= 0.6 is 11.6 Å².